The van der Waals surface area contributed by atoms with E-state index in [1.54, 1.807) is 3.11 Å². The van der Waals surface area contributed by atoms with Crippen LogP contribution in [0, 0.1) is 5.92 Å². The Morgan fingerprint density at radius 2 is 2.27 bits per heavy atom. The van der Waals surface area contributed by atoms with Crippen molar-refractivity contribution in [3.63, 3.8) is 0 Å². The molecule has 3 nitrogen and oxygen atoms in total. The SMILES string of the molecule is CC[C@H](CO)CN(I)C(C)=O. The van der Waals surface area contributed by atoms with E-state index in [2.05, 4.69) is 0 Å². The maximum absolute atomic E-state index is 10.7. The number of aliphatic hydroxyl groups is 1. The van der Waals surface area contributed by atoms with Gasteiger partial charge in [0.1, 0.15) is 0 Å². The standard InChI is InChI=1S/C7H14INO2/c1-3-7(5-10)4-9(8)6(2)11/h7,10H,3-5H2,1-2H3/t7-/m0/s1. The van der Waals surface area contributed by atoms with Gasteiger partial charge in [-0.25, -0.2) is 0 Å². The molecule has 4 heteroatoms. The lowest BCUT2D eigenvalue weighted by atomic mass is 10.1. The van der Waals surface area contributed by atoms with Crippen molar-refractivity contribution in [2.75, 3.05) is 13.2 Å². The molecule has 0 saturated carbocycles. The number of nitrogens with zero attached hydrogens (tertiary/aromatic N) is 1. The summed E-state index contributed by atoms with van der Waals surface area (Å²) in [5, 5.41) is 8.82. The molecule has 0 aromatic rings. The van der Waals surface area contributed by atoms with Crippen LogP contribution in [0.1, 0.15) is 20.3 Å². The van der Waals surface area contributed by atoms with Crippen molar-refractivity contribution in [1.82, 2.24) is 3.11 Å². The maximum Gasteiger partial charge on any atom is 0.228 e. The maximum atomic E-state index is 10.7. The monoisotopic (exact) mass is 271 g/mol. The molecule has 0 aliphatic carbocycles. The lowest BCUT2D eigenvalue weighted by Crippen LogP contribution is -2.26. The van der Waals surface area contributed by atoms with Gasteiger partial charge in [0.2, 0.25) is 5.91 Å². The van der Waals surface area contributed by atoms with Gasteiger partial charge in [-0.1, -0.05) is 6.92 Å². The van der Waals surface area contributed by atoms with Gasteiger partial charge in [0.15, 0.2) is 0 Å². The summed E-state index contributed by atoms with van der Waals surface area (Å²) in [6, 6.07) is 0. The van der Waals surface area contributed by atoms with E-state index < -0.39 is 0 Å². The van der Waals surface area contributed by atoms with Gasteiger partial charge >= 0.3 is 0 Å². The Kier molecular flexibility index (Phi) is 5.85. The zero-order valence-corrected chi connectivity index (χ0v) is 9.04. The predicted octanol–water partition coefficient (Wildman–Crippen LogP) is 1.20. The van der Waals surface area contributed by atoms with Crippen LogP contribution in [0.2, 0.25) is 0 Å². The number of hydrogen-bond donors (Lipinski definition) is 1. The van der Waals surface area contributed by atoms with Crippen LogP contribution in [-0.2, 0) is 4.79 Å². The Hall–Kier alpha value is 0.160. The third-order valence-electron chi connectivity index (χ3n) is 1.60. The molecule has 0 heterocycles. The molecule has 66 valence electrons. The fraction of sp³-hybridized carbons (Fsp3) is 0.857. The van der Waals surface area contributed by atoms with Gasteiger partial charge in [-0.2, -0.15) is 0 Å². The molecule has 0 bridgehead atoms. The lowest BCUT2D eigenvalue weighted by Gasteiger charge is -2.17. The second kappa shape index (κ2) is 5.77. The summed E-state index contributed by atoms with van der Waals surface area (Å²) in [6.45, 7) is 4.33. The van der Waals surface area contributed by atoms with E-state index in [1.807, 2.05) is 29.8 Å². The highest BCUT2D eigenvalue weighted by Crippen LogP contribution is 2.08. The van der Waals surface area contributed by atoms with Gasteiger partial charge in [-0.3, -0.25) is 7.91 Å². The van der Waals surface area contributed by atoms with E-state index in [4.69, 9.17) is 5.11 Å². The lowest BCUT2D eigenvalue weighted by molar-refractivity contribution is -0.123. The molecule has 0 fully saturated rings. The highest BCUT2D eigenvalue weighted by atomic mass is 127. The fourth-order valence-corrected chi connectivity index (χ4v) is 1.23. The normalized spacial score (nSPS) is 12.7. The highest BCUT2D eigenvalue weighted by Gasteiger charge is 2.11. The Bertz CT molecular complexity index is 126. The van der Waals surface area contributed by atoms with Crippen LogP contribution in [-0.4, -0.2) is 27.3 Å². The average molecular weight is 271 g/mol. The Morgan fingerprint density at radius 3 is 2.55 bits per heavy atom. The highest BCUT2D eigenvalue weighted by molar-refractivity contribution is 14.1. The minimum atomic E-state index is 0.0394. The molecule has 1 atom stereocenters. The van der Waals surface area contributed by atoms with Crippen LogP contribution < -0.4 is 0 Å². The van der Waals surface area contributed by atoms with Crippen molar-refractivity contribution >= 4 is 28.8 Å². The number of hydrogen-bond acceptors (Lipinski definition) is 2. The molecule has 1 amide bonds. The predicted molar refractivity (Wildman–Crippen MR) is 52.3 cm³/mol. The van der Waals surface area contributed by atoms with Crippen LogP contribution in [0.15, 0.2) is 0 Å². The number of carbonyl (C=O) groups is 1. The van der Waals surface area contributed by atoms with Crippen molar-refractivity contribution in [3.8, 4) is 0 Å². The largest absolute Gasteiger partial charge is 0.396 e. The van der Waals surface area contributed by atoms with Crippen molar-refractivity contribution in [2.45, 2.75) is 20.3 Å². The minimum absolute atomic E-state index is 0.0394. The fourth-order valence-electron chi connectivity index (χ4n) is 0.671. The van der Waals surface area contributed by atoms with Crippen molar-refractivity contribution in [3.05, 3.63) is 0 Å². The molecule has 0 aliphatic heterocycles. The van der Waals surface area contributed by atoms with Gasteiger partial charge < -0.3 is 5.11 Å². The molecular weight excluding hydrogens is 257 g/mol. The topological polar surface area (TPSA) is 40.5 Å². The number of carbonyl (C=O) groups excluding carboxylic acids is 1. The number of rotatable bonds is 4. The summed E-state index contributed by atoms with van der Waals surface area (Å²) in [5.41, 5.74) is 0. The third-order valence-corrected chi connectivity index (χ3v) is 2.67. The molecule has 0 unspecified atom stereocenters. The first kappa shape index (κ1) is 11.2. The number of amides is 1. The molecule has 0 rings (SSSR count). The number of halogens is 1. The van der Waals surface area contributed by atoms with Gasteiger partial charge in [-0.15, -0.1) is 0 Å². The molecule has 0 aromatic heterocycles. The van der Waals surface area contributed by atoms with Crippen molar-refractivity contribution < 1.29 is 9.90 Å². The molecule has 0 aromatic carbocycles. The van der Waals surface area contributed by atoms with Gasteiger partial charge in [0.25, 0.3) is 0 Å². The first-order valence-corrected chi connectivity index (χ1v) is 4.63. The summed E-state index contributed by atoms with van der Waals surface area (Å²) in [6.07, 6.45) is 0.906. The van der Waals surface area contributed by atoms with Gasteiger partial charge in [0.05, 0.1) is 22.9 Å². The first-order valence-electron chi connectivity index (χ1n) is 3.66. The Morgan fingerprint density at radius 1 is 1.73 bits per heavy atom. The molecule has 11 heavy (non-hydrogen) atoms. The van der Waals surface area contributed by atoms with Crippen LogP contribution in [0.5, 0.6) is 0 Å². The van der Waals surface area contributed by atoms with Crippen molar-refractivity contribution in [1.29, 1.82) is 0 Å². The molecule has 0 radical (unpaired) electrons. The van der Waals surface area contributed by atoms with Crippen LogP contribution >= 0.6 is 22.9 Å². The van der Waals surface area contributed by atoms with E-state index >= 15 is 0 Å². The molecule has 0 aliphatic rings. The zero-order valence-electron chi connectivity index (χ0n) is 6.88. The van der Waals surface area contributed by atoms with E-state index in [0.29, 0.717) is 6.54 Å². The Balaban J connectivity index is 3.71. The summed E-state index contributed by atoms with van der Waals surface area (Å²) < 4.78 is 1.60. The molecular formula is C7H14INO2. The quantitative estimate of drug-likeness (QED) is 0.616. The van der Waals surface area contributed by atoms with Crippen LogP contribution in [0.25, 0.3) is 0 Å². The second-order valence-corrected chi connectivity index (χ2v) is 3.69. The van der Waals surface area contributed by atoms with E-state index in [9.17, 15) is 4.79 Å². The van der Waals surface area contributed by atoms with Crippen LogP contribution in [0.3, 0.4) is 0 Å². The average Bonchev–Trinajstić information content (AvgIpc) is 1.99. The van der Waals surface area contributed by atoms with E-state index in [1.165, 1.54) is 6.92 Å². The zero-order chi connectivity index (χ0) is 8.85. The molecule has 0 spiro atoms. The summed E-state index contributed by atoms with van der Waals surface area (Å²) in [4.78, 5) is 10.7. The molecule has 0 saturated heterocycles. The van der Waals surface area contributed by atoms with Crippen LogP contribution in [0.4, 0.5) is 0 Å². The Labute approximate surface area is 81.3 Å². The molecule has 1 N–H and O–H groups in total. The van der Waals surface area contributed by atoms with E-state index in [0.717, 1.165) is 6.42 Å². The third kappa shape index (κ3) is 4.58. The van der Waals surface area contributed by atoms with Crippen molar-refractivity contribution in [2.24, 2.45) is 5.92 Å². The second-order valence-electron chi connectivity index (χ2n) is 2.52. The minimum Gasteiger partial charge on any atom is -0.396 e. The van der Waals surface area contributed by atoms with Gasteiger partial charge in [-0.05, 0) is 6.42 Å². The van der Waals surface area contributed by atoms with E-state index in [-0.39, 0.29) is 18.4 Å². The first-order chi connectivity index (χ1) is 5.11. The van der Waals surface area contributed by atoms with Gasteiger partial charge in [0, 0.05) is 26.0 Å². The summed E-state index contributed by atoms with van der Waals surface area (Å²) in [7, 11) is 0. The summed E-state index contributed by atoms with van der Waals surface area (Å²) >= 11 is 1.97. The number of aliphatic hydroxyl groups excluding tert-OH is 1. The summed E-state index contributed by atoms with van der Waals surface area (Å²) in [5.74, 6) is 0.258. The smallest absolute Gasteiger partial charge is 0.228 e.